The van der Waals surface area contributed by atoms with E-state index in [9.17, 15) is 14.7 Å². The summed E-state index contributed by atoms with van der Waals surface area (Å²) in [7, 11) is 1.49. The van der Waals surface area contributed by atoms with E-state index in [1.165, 1.54) is 12.0 Å². The number of hydrogen-bond donors (Lipinski definition) is 1. The zero-order valence-electron chi connectivity index (χ0n) is 17.5. The number of aromatic nitrogens is 1. The molecule has 3 rings (SSSR count). The molecule has 30 heavy (non-hydrogen) atoms. The Hall–Kier alpha value is -3.19. The van der Waals surface area contributed by atoms with Crippen LogP contribution in [0.1, 0.15) is 31.0 Å². The van der Waals surface area contributed by atoms with E-state index in [4.69, 9.17) is 4.74 Å². The second kappa shape index (κ2) is 9.54. The number of aliphatic hydroxyl groups is 1. The molecule has 1 aromatic heterocycles. The number of carbonyl (C=O) groups is 2. The van der Waals surface area contributed by atoms with Crippen LogP contribution in [0.4, 0.5) is 0 Å². The van der Waals surface area contributed by atoms with Gasteiger partial charge in [0.15, 0.2) is 0 Å². The molecule has 1 amide bonds. The molecule has 1 fully saturated rings. The number of ketones is 1. The number of methoxy groups -OCH3 is 1. The number of carbonyl (C=O) groups excluding carboxylic acids is 2. The molecule has 1 aliphatic heterocycles. The van der Waals surface area contributed by atoms with Crippen molar-refractivity contribution >= 4 is 17.4 Å². The van der Waals surface area contributed by atoms with E-state index in [2.05, 4.69) is 23.7 Å². The lowest BCUT2D eigenvalue weighted by Crippen LogP contribution is -2.38. The predicted octanol–water partition coefficient (Wildman–Crippen LogP) is 2.85. The third kappa shape index (κ3) is 4.07. The molecule has 1 atom stereocenters. The summed E-state index contributed by atoms with van der Waals surface area (Å²) in [6.07, 6.45) is 3.25. The maximum atomic E-state index is 13.0. The maximum absolute atomic E-state index is 13.0. The number of pyridine rings is 1. The summed E-state index contributed by atoms with van der Waals surface area (Å²) in [5.74, 6) is -1.14. The molecule has 1 saturated heterocycles. The van der Waals surface area contributed by atoms with Gasteiger partial charge in [-0.3, -0.25) is 14.6 Å². The minimum Gasteiger partial charge on any atom is -0.507 e. The number of benzene rings is 1. The average Bonchev–Trinajstić information content (AvgIpc) is 3.04. The molecular weight excluding hydrogens is 382 g/mol. The average molecular weight is 409 g/mol. The third-order valence-electron chi connectivity index (χ3n) is 5.45. The number of rotatable bonds is 8. The first-order chi connectivity index (χ1) is 14.5. The second-order valence-electron chi connectivity index (χ2n) is 7.01. The van der Waals surface area contributed by atoms with Crippen molar-refractivity contribution in [2.24, 2.45) is 0 Å². The van der Waals surface area contributed by atoms with Crippen molar-refractivity contribution < 1.29 is 19.4 Å². The SMILES string of the molecule is CCN(CC)CCN1C(=O)C(=O)/C(=C(\O)c2ccccc2OC)C1c1cccnc1. The fourth-order valence-electron chi connectivity index (χ4n) is 3.77. The second-order valence-corrected chi connectivity index (χ2v) is 7.01. The number of nitrogens with zero attached hydrogens (tertiary/aromatic N) is 3. The zero-order chi connectivity index (χ0) is 21.7. The number of likely N-dealkylation sites (tertiary alicyclic amines) is 1. The van der Waals surface area contributed by atoms with Crippen molar-refractivity contribution in [3.63, 3.8) is 0 Å². The molecule has 0 aliphatic carbocycles. The molecule has 2 aromatic rings. The highest BCUT2D eigenvalue weighted by Crippen LogP contribution is 2.40. The van der Waals surface area contributed by atoms with Gasteiger partial charge in [0.05, 0.1) is 24.3 Å². The highest BCUT2D eigenvalue weighted by atomic mass is 16.5. The summed E-state index contributed by atoms with van der Waals surface area (Å²) in [5, 5.41) is 11.1. The minimum absolute atomic E-state index is 0.0528. The fraction of sp³-hybridized carbons (Fsp3) is 0.348. The Labute approximate surface area is 176 Å². The van der Waals surface area contributed by atoms with Gasteiger partial charge >= 0.3 is 0 Å². The normalized spacial score (nSPS) is 18.3. The molecule has 158 valence electrons. The molecule has 0 saturated carbocycles. The van der Waals surface area contributed by atoms with E-state index in [0.717, 1.165) is 13.1 Å². The summed E-state index contributed by atoms with van der Waals surface area (Å²) in [4.78, 5) is 33.8. The van der Waals surface area contributed by atoms with Gasteiger partial charge in [-0.1, -0.05) is 32.0 Å². The first kappa shape index (κ1) is 21.5. The van der Waals surface area contributed by atoms with Gasteiger partial charge < -0.3 is 19.6 Å². The van der Waals surface area contributed by atoms with Crippen LogP contribution < -0.4 is 4.74 Å². The first-order valence-corrected chi connectivity index (χ1v) is 10.1. The van der Waals surface area contributed by atoms with E-state index >= 15 is 0 Å². The van der Waals surface area contributed by atoms with E-state index < -0.39 is 17.7 Å². The van der Waals surface area contributed by atoms with Crippen LogP contribution in [0, 0.1) is 0 Å². The molecule has 7 heteroatoms. The van der Waals surface area contributed by atoms with Gasteiger partial charge in [-0.15, -0.1) is 0 Å². The lowest BCUT2D eigenvalue weighted by atomic mass is 9.96. The van der Waals surface area contributed by atoms with Crippen molar-refractivity contribution in [1.29, 1.82) is 0 Å². The highest BCUT2D eigenvalue weighted by molar-refractivity contribution is 6.46. The Morgan fingerprint density at radius 2 is 1.90 bits per heavy atom. The molecule has 1 N–H and O–H groups in total. The van der Waals surface area contributed by atoms with Crippen LogP contribution in [0.3, 0.4) is 0 Å². The predicted molar refractivity (Wildman–Crippen MR) is 114 cm³/mol. The Kier molecular flexibility index (Phi) is 6.84. The van der Waals surface area contributed by atoms with E-state index in [-0.39, 0.29) is 11.3 Å². The number of aliphatic hydroxyl groups excluding tert-OH is 1. The maximum Gasteiger partial charge on any atom is 0.295 e. The molecule has 7 nitrogen and oxygen atoms in total. The number of likely N-dealkylation sites (N-methyl/N-ethyl adjacent to an activating group) is 1. The Bertz CT molecular complexity index is 938. The minimum atomic E-state index is -0.709. The molecular formula is C23H27N3O4. The van der Waals surface area contributed by atoms with Crippen LogP contribution in [0.2, 0.25) is 0 Å². The monoisotopic (exact) mass is 409 g/mol. The highest BCUT2D eigenvalue weighted by Gasteiger charge is 2.46. The lowest BCUT2D eigenvalue weighted by Gasteiger charge is -2.28. The quantitative estimate of drug-likeness (QED) is 0.410. The van der Waals surface area contributed by atoms with Crippen molar-refractivity contribution in [3.8, 4) is 5.75 Å². The van der Waals surface area contributed by atoms with Gasteiger partial charge in [0.2, 0.25) is 0 Å². The molecule has 0 bridgehead atoms. The number of para-hydroxylation sites is 1. The Morgan fingerprint density at radius 1 is 1.17 bits per heavy atom. The van der Waals surface area contributed by atoms with Crippen LogP contribution >= 0.6 is 0 Å². The van der Waals surface area contributed by atoms with Gasteiger partial charge in [0.25, 0.3) is 11.7 Å². The summed E-state index contributed by atoms with van der Waals surface area (Å²) in [6, 6.07) is 9.73. The van der Waals surface area contributed by atoms with Crippen molar-refractivity contribution in [2.75, 3.05) is 33.3 Å². The smallest absolute Gasteiger partial charge is 0.295 e. The number of hydrogen-bond acceptors (Lipinski definition) is 6. The number of amides is 1. The number of Topliss-reactive ketones (excluding diaryl/α,β-unsaturated/α-hetero) is 1. The van der Waals surface area contributed by atoms with Gasteiger partial charge in [-0.25, -0.2) is 0 Å². The molecule has 1 unspecified atom stereocenters. The Balaban J connectivity index is 2.11. The number of ether oxygens (including phenoxy) is 1. The van der Waals surface area contributed by atoms with Crippen LogP contribution in [-0.4, -0.2) is 64.9 Å². The molecule has 1 aromatic carbocycles. The van der Waals surface area contributed by atoms with Crippen LogP contribution in [0.25, 0.3) is 5.76 Å². The summed E-state index contributed by atoms with van der Waals surface area (Å²) >= 11 is 0. The third-order valence-corrected chi connectivity index (χ3v) is 5.45. The summed E-state index contributed by atoms with van der Waals surface area (Å²) < 4.78 is 5.34. The van der Waals surface area contributed by atoms with Crippen molar-refractivity contribution in [1.82, 2.24) is 14.8 Å². The molecule has 1 aliphatic rings. The standard InChI is InChI=1S/C23H27N3O4/c1-4-25(5-2)13-14-26-20(16-9-8-12-24-15-16)19(22(28)23(26)29)21(27)17-10-6-7-11-18(17)30-3/h6-12,15,20,27H,4-5,13-14H2,1-3H3/b21-19-. The largest absolute Gasteiger partial charge is 0.507 e. The van der Waals surface area contributed by atoms with Crippen molar-refractivity contribution in [2.45, 2.75) is 19.9 Å². The molecule has 0 radical (unpaired) electrons. The van der Waals surface area contributed by atoms with Crippen LogP contribution in [0.5, 0.6) is 5.75 Å². The van der Waals surface area contributed by atoms with E-state index in [1.54, 1.807) is 42.7 Å². The van der Waals surface area contributed by atoms with Crippen molar-refractivity contribution in [3.05, 3.63) is 65.5 Å². The lowest BCUT2D eigenvalue weighted by molar-refractivity contribution is -0.140. The van der Waals surface area contributed by atoms with Gasteiger partial charge in [0, 0.05) is 25.5 Å². The topological polar surface area (TPSA) is 83.0 Å². The zero-order valence-corrected chi connectivity index (χ0v) is 17.5. The van der Waals surface area contributed by atoms with Gasteiger partial charge in [0.1, 0.15) is 11.5 Å². The van der Waals surface area contributed by atoms with E-state index in [0.29, 0.717) is 30.0 Å². The van der Waals surface area contributed by atoms with E-state index in [1.807, 2.05) is 6.07 Å². The first-order valence-electron chi connectivity index (χ1n) is 10.1. The Morgan fingerprint density at radius 3 is 2.53 bits per heavy atom. The fourth-order valence-corrected chi connectivity index (χ4v) is 3.77. The summed E-state index contributed by atoms with van der Waals surface area (Å²) in [5.41, 5.74) is 1.10. The van der Waals surface area contributed by atoms with Gasteiger partial charge in [-0.2, -0.15) is 0 Å². The van der Waals surface area contributed by atoms with Crippen LogP contribution in [-0.2, 0) is 9.59 Å². The van der Waals surface area contributed by atoms with Crippen LogP contribution in [0.15, 0.2) is 54.4 Å². The molecule has 0 spiro atoms. The van der Waals surface area contributed by atoms with Gasteiger partial charge in [-0.05, 0) is 36.9 Å². The molecule has 2 heterocycles. The summed E-state index contributed by atoms with van der Waals surface area (Å²) in [6.45, 7) is 6.80.